The van der Waals surface area contributed by atoms with Crippen molar-refractivity contribution in [1.29, 1.82) is 5.26 Å². The zero-order chi connectivity index (χ0) is 20.9. The molecule has 3 N–H and O–H groups in total. The van der Waals surface area contributed by atoms with E-state index in [1.54, 1.807) is 24.3 Å². The number of unbranched alkanes of at least 4 members (excludes halogenated alkanes) is 1. The van der Waals surface area contributed by atoms with Gasteiger partial charge in [-0.2, -0.15) is 5.26 Å². The van der Waals surface area contributed by atoms with Crippen LogP contribution in [0, 0.1) is 11.3 Å². The van der Waals surface area contributed by atoms with E-state index < -0.39 is 11.9 Å². The average molecular weight is 399 g/mol. The number of esters is 1. The van der Waals surface area contributed by atoms with Gasteiger partial charge in [-0.3, -0.25) is 9.69 Å². The Morgan fingerprint density at radius 3 is 2.79 bits per heavy atom. The van der Waals surface area contributed by atoms with Crippen LogP contribution >= 0.6 is 0 Å². The number of hydrogen-bond acceptors (Lipinski definition) is 7. The number of nitriles is 1. The zero-order valence-electron chi connectivity index (χ0n) is 16.9. The quantitative estimate of drug-likeness (QED) is 0.237. The second-order valence-corrected chi connectivity index (χ2v) is 6.70. The van der Waals surface area contributed by atoms with Crippen molar-refractivity contribution in [3.05, 3.63) is 41.6 Å². The highest BCUT2D eigenvalue weighted by atomic mass is 16.5. The summed E-state index contributed by atoms with van der Waals surface area (Å²) in [5.41, 5.74) is 0.529. The van der Waals surface area contributed by atoms with E-state index >= 15 is 0 Å². The van der Waals surface area contributed by atoms with Gasteiger partial charge >= 0.3 is 5.97 Å². The highest BCUT2D eigenvalue weighted by molar-refractivity contribution is 6.09. The molecule has 156 valence electrons. The lowest BCUT2D eigenvalue weighted by atomic mass is 10.1. The van der Waals surface area contributed by atoms with Gasteiger partial charge in [0, 0.05) is 45.5 Å². The lowest BCUT2D eigenvalue weighted by Crippen LogP contribution is -2.45. The van der Waals surface area contributed by atoms with Gasteiger partial charge in [0.25, 0.3) is 5.91 Å². The van der Waals surface area contributed by atoms with E-state index in [1.165, 1.54) is 6.20 Å². The first kappa shape index (κ1) is 22.4. The average Bonchev–Trinajstić information content (AvgIpc) is 2.75. The van der Waals surface area contributed by atoms with Crippen molar-refractivity contribution >= 4 is 17.6 Å². The fourth-order valence-corrected chi connectivity index (χ4v) is 2.83. The van der Waals surface area contributed by atoms with E-state index in [-0.39, 0.29) is 11.1 Å². The summed E-state index contributed by atoms with van der Waals surface area (Å²) in [6.07, 6.45) is 3.12. The van der Waals surface area contributed by atoms with Gasteiger partial charge in [0.05, 0.1) is 17.9 Å². The van der Waals surface area contributed by atoms with E-state index in [4.69, 9.17) is 4.74 Å². The minimum Gasteiger partial charge on any atom is -0.462 e. The Morgan fingerprint density at radius 2 is 2.07 bits per heavy atom. The molecule has 0 bridgehead atoms. The summed E-state index contributed by atoms with van der Waals surface area (Å²) in [4.78, 5) is 27.0. The molecule has 8 heteroatoms. The normalized spacial score (nSPS) is 14.7. The molecular weight excluding hydrogens is 370 g/mol. The number of nitrogens with one attached hydrogen (secondary N) is 3. The molecule has 1 saturated heterocycles. The van der Waals surface area contributed by atoms with Crippen LogP contribution in [0.25, 0.3) is 0 Å². The predicted octanol–water partition coefficient (Wildman–Crippen LogP) is 1.48. The molecule has 1 heterocycles. The third-order valence-corrected chi connectivity index (χ3v) is 4.52. The monoisotopic (exact) mass is 399 g/mol. The number of para-hydroxylation sites is 1. The van der Waals surface area contributed by atoms with Crippen molar-refractivity contribution < 1.29 is 14.3 Å². The van der Waals surface area contributed by atoms with Crippen LogP contribution in [-0.2, 0) is 9.53 Å². The van der Waals surface area contributed by atoms with Crippen molar-refractivity contribution in [1.82, 2.24) is 15.5 Å². The van der Waals surface area contributed by atoms with Gasteiger partial charge in [-0.05, 0) is 18.6 Å². The van der Waals surface area contributed by atoms with Gasteiger partial charge in [-0.1, -0.05) is 25.5 Å². The molecule has 0 unspecified atom stereocenters. The number of ether oxygens (including phenoxy) is 1. The van der Waals surface area contributed by atoms with Gasteiger partial charge in [0.15, 0.2) is 0 Å². The first-order valence-electron chi connectivity index (χ1n) is 10.00. The van der Waals surface area contributed by atoms with Crippen LogP contribution < -0.4 is 16.0 Å². The summed E-state index contributed by atoms with van der Waals surface area (Å²) in [6.45, 7) is 7.74. The molecule has 8 nitrogen and oxygen atoms in total. The summed E-state index contributed by atoms with van der Waals surface area (Å²) in [5, 5.41) is 18.3. The Morgan fingerprint density at radius 1 is 1.31 bits per heavy atom. The molecule has 0 atom stereocenters. The number of hydrogen-bond donors (Lipinski definition) is 3. The van der Waals surface area contributed by atoms with Gasteiger partial charge < -0.3 is 20.7 Å². The van der Waals surface area contributed by atoms with E-state index in [0.29, 0.717) is 18.8 Å². The maximum atomic E-state index is 12.5. The topological polar surface area (TPSA) is 106 Å². The molecule has 1 amide bonds. The Labute approximate surface area is 171 Å². The van der Waals surface area contributed by atoms with Crippen molar-refractivity contribution in [2.45, 2.75) is 19.8 Å². The van der Waals surface area contributed by atoms with Crippen LogP contribution in [0.15, 0.2) is 36.0 Å². The first-order valence-corrected chi connectivity index (χ1v) is 10.00. The second kappa shape index (κ2) is 12.5. The number of piperazine rings is 1. The standard InChI is InChI=1S/C21H29N5O3/c1-2-3-14-29-21(28)18-6-4-5-7-19(18)25-20(27)17(15-22)16-24-10-13-26-11-8-23-9-12-26/h4-7,16,23-24H,2-3,8-14H2,1H3,(H,25,27)/b17-16-. The fraction of sp³-hybridized carbons (Fsp3) is 0.476. The maximum Gasteiger partial charge on any atom is 0.340 e. The van der Waals surface area contributed by atoms with E-state index in [0.717, 1.165) is 45.6 Å². The summed E-state index contributed by atoms with van der Waals surface area (Å²) >= 11 is 0. The Hall–Kier alpha value is -2.89. The van der Waals surface area contributed by atoms with Gasteiger partial charge in [0.2, 0.25) is 0 Å². The number of anilines is 1. The van der Waals surface area contributed by atoms with Crippen molar-refractivity contribution in [3.63, 3.8) is 0 Å². The van der Waals surface area contributed by atoms with Gasteiger partial charge in [-0.25, -0.2) is 4.79 Å². The first-order chi connectivity index (χ1) is 14.2. The van der Waals surface area contributed by atoms with Crippen LogP contribution in [0.1, 0.15) is 30.1 Å². The molecule has 1 aliphatic rings. The lowest BCUT2D eigenvalue weighted by Gasteiger charge is -2.26. The number of carbonyl (C=O) groups excluding carboxylic acids is 2. The largest absolute Gasteiger partial charge is 0.462 e. The number of amides is 1. The number of benzene rings is 1. The van der Waals surface area contributed by atoms with Gasteiger partial charge in [0.1, 0.15) is 11.6 Å². The van der Waals surface area contributed by atoms with E-state index in [1.807, 2.05) is 13.0 Å². The molecule has 1 aromatic rings. The molecule has 1 fully saturated rings. The van der Waals surface area contributed by atoms with Crippen LogP contribution in [0.4, 0.5) is 5.69 Å². The maximum absolute atomic E-state index is 12.5. The second-order valence-electron chi connectivity index (χ2n) is 6.70. The highest BCUT2D eigenvalue weighted by Crippen LogP contribution is 2.17. The Kier molecular flexibility index (Phi) is 9.69. The van der Waals surface area contributed by atoms with Crippen LogP contribution in [0.2, 0.25) is 0 Å². The third kappa shape index (κ3) is 7.56. The molecule has 29 heavy (non-hydrogen) atoms. The summed E-state index contributed by atoms with van der Waals surface area (Å²) < 4.78 is 5.22. The summed E-state index contributed by atoms with van der Waals surface area (Å²) in [7, 11) is 0. The predicted molar refractivity (Wildman–Crippen MR) is 111 cm³/mol. The van der Waals surface area contributed by atoms with Crippen LogP contribution in [0.5, 0.6) is 0 Å². The Balaban J connectivity index is 1.91. The van der Waals surface area contributed by atoms with Crippen LogP contribution in [-0.4, -0.2) is 62.7 Å². The molecule has 1 aromatic carbocycles. The third-order valence-electron chi connectivity index (χ3n) is 4.52. The molecule has 0 saturated carbocycles. The van der Waals surface area contributed by atoms with Gasteiger partial charge in [-0.15, -0.1) is 0 Å². The van der Waals surface area contributed by atoms with E-state index in [2.05, 4.69) is 20.9 Å². The minimum atomic E-state index is -0.573. The molecule has 0 aromatic heterocycles. The molecule has 0 aliphatic carbocycles. The van der Waals surface area contributed by atoms with E-state index in [9.17, 15) is 14.9 Å². The molecular formula is C21H29N5O3. The van der Waals surface area contributed by atoms with Crippen molar-refractivity contribution in [2.24, 2.45) is 0 Å². The molecule has 0 spiro atoms. The molecule has 0 radical (unpaired) electrons. The number of rotatable bonds is 10. The number of carbonyl (C=O) groups is 2. The smallest absolute Gasteiger partial charge is 0.340 e. The fourth-order valence-electron chi connectivity index (χ4n) is 2.83. The molecule has 2 rings (SSSR count). The Bertz CT molecular complexity index is 751. The minimum absolute atomic E-state index is 0.0561. The zero-order valence-corrected chi connectivity index (χ0v) is 16.9. The highest BCUT2D eigenvalue weighted by Gasteiger charge is 2.16. The lowest BCUT2D eigenvalue weighted by molar-refractivity contribution is -0.112. The summed E-state index contributed by atoms with van der Waals surface area (Å²) in [5.74, 6) is -1.07. The van der Waals surface area contributed by atoms with Crippen LogP contribution in [0.3, 0.4) is 0 Å². The summed E-state index contributed by atoms with van der Waals surface area (Å²) in [6, 6.07) is 8.51. The SMILES string of the molecule is CCCCOC(=O)c1ccccc1NC(=O)/C(C#N)=C\NCCN1CCNCC1. The molecule has 1 aliphatic heterocycles. The number of nitrogens with zero attached hydrogens (tertiary/aromatic N) is 2. The van der Waals surface area contributed by atoms with Crippen molar-refractivity contribution in [3.8, 4) is 6.07 Å². The van der Waals surface area contributed by atoms with Crippen molar-refractivity contribution in [2.75, 3.05) is 51.2 Å².